The van der Waals surface area contributed by atoms with Crippen LogP contribution in [0.25, 0.3) is 0 Å². The predicted molar refractivity (Wildman–Crippen MR) is 134 cm³/mol. The summed E-state index contributed by atoms with van der Waals surface area (Å²) in [6, 6.07) is 6.39. The first kappa shape index (κ1) is 27.4. The van der Waals surface area contributed by atoms with Crippen molar-refractivity contribution in [2.45, 2.75) is 50.2 Å². The minimum Gasteiger partial charge on any atom is -0.500 e. The van der Waals surface area contributed by atoms with Crippen molar-refractivity contribution in [3.05, 3.63) is 89.0 Å². The molecule has 0 bridgehead atoms. The zero-order valence-electron chi connectivity index (χ0n) is 21.4. The molecule has 0 spiro atoms. The average molecular weight is 530 g/mol. The fourth-order valence-electron chi connectivity index (χ4n) is 5.33. The zero-order valence-corrected chi connectivity index (χ0v) is 21.4. The Bertz CT molecular complexity index is 1310. The molecule has 1 aliphatic carbocycles. The number of nitrogens with one attached hydrogen (secondary N) is 1. The van der Waals surface area contributed by atoms with Gasteiger partial charge in [-0.05, 0) is 47.7 Å². The lowest BCUT2D eigenvalue weighted by Crippen LogP contribution is -2.48. The number of fused-ring (bicyclic) bond motifs is 1. The number of hydrogen-bond acceptors (Lipinski definition) is 5. The Morgan fingerprint density at radius 2 is 1.92 bits per heavy atom. The van der Waals surface area contributed by atoms with Gasteiger partial charge in [-0.25, -0.2) is 13.2 Å². The molecule has 2 aliphatic rings. The van der Waals surface area contributed by atoms with Gasteiger partial charge in [0, 0.05) is 17.6 Å². The van der Waals surface area contributed by atoms with Crippen molar-refractivity contribution >= 4 is 11.7 Å². The molecule has 3 atom stereocenters. The van der Waals surface area contributed by atoms with E-state index in [2.05, 4.69) is 5.32 Å². The smallest absolute Gasteiger partial charge is 0.223 e. The van der Waals surface area contributed by atoms with Gasteiger partial charge in [-0.3, -0.25) is 9.59 Å². The molecule has 2 aromatic carbocycles. The molecule has 2 aromatic rings. The lowest BCUT2D eigenvalue weighted by molar-refractivity contribution is -0.132. The van der Waals surface area contributed by atoms with Gasteiger partial charge in [0.1, 0.15) is 24.2 Å². The number of methoxy groups -OCH3 is 1. The summed E-state index contributed by atoms with van der Waals surface area (Å²) in [6.07, 6.45) is 4.08. The number of halogens is 3. The van der Waals surface area contributed by atoms with Crippen molar-refractivity contribution in [2.75, 3.05) is 13.7 Å². The number of ether oxygens (including phenoxy) is 2. The highest BCUT2D eigenvalue weighted by Crippen LogP contribution is 2.40. The number of aliphatic hydroxyl groups is 1. The summed E-state index contributed by atoms with van der Waals surface area (Å²) in [5.41, 5.74) is -1.22. The first-order valence-corrected chi connectivity index (χ1v) is 12.2. The highest BCUT2D eigenvalue weighted by Gasteiger charge is 2.41. The van der Waals surface area contributed by atoms with Crippen LogP contribution in [0.1, 0.15) is 37.8 Å². The van der Waals surface area contributed by atoms with E-state index in [9.17, 15) is 27.9 Å². The van der Waals surface area contributed by atoms with Crippen LogP contribution >= 0.6 is 0 Å². The molecular weight excluding hydrogens is 499 g/mol. The molecule has 0 aromatic heterocycles. The Hall–Kier alpha value is -3.59. The van der Waals surface area contributed by atoms with Crippen LogP contribution in [0.2, 0.25) is 0 Å². The average Bonchev–Trinajstić information content (AvgIpc) is 3.32. The van der Waals surface area contributed by atoms with Crippen LogP contribution in [-0.4, -0.2) is 42.2 Å². The fraction of sp³-hybridized carbons (Fsp3) is 0.379. The predicted octanol–water partition coefficient (Wildman–Crippen LogP) is 4.30. The van der Waals surface area contributed by atoms with Crippen molar-refractivity contribution < 1.29 is 37.3 Å². The van der Waals surface area contributed by atoms with E-state index in [1.165, 1.54) is 37.6 Å². The molecular formula is C29H30F3NO5. The Balaban J connectivity index is 1.60. The van der Waals surface area contributed by atoms with Crippen LogP contribution in [0.5, 0.6) is 5.75 Å². The number of ketones is 1. The zero-order chi connectivity index (χ0) is 27.7. The minimum atomic E-state index is -1.78. The number of hydrogen-bond donors (Lipinski definition) is 2. The maximum absolute atomic E-state index is 14.2. The van der Waals surface area contributed by atoms with Crippen LogP contribution in [0.15, 0.2) is 60.4 Å². The molecule has 0 radical (unpaired) electrons. The summed E-state index contributed by atoms with van der Waals surface area (Å²) in [7, 11) is 1.44. The van der Waals surface area contributed by atoms with Gasteiger partial charge in [-0.2, -0.15) is 0 Å². The van der Waals surface area contributed by atoms with Crippen LogP contribution in [0.4, 0.5) is 13.2 Å². The molecule has 0 saturated carbocycles. The number of rotatable bonds is 9. The van der Waals surface area contributed by atoms with E-state index >= 15 is 0 Å². The van der Waals surface area contributed by atoms with E-state index in [0.717, 1.165) is 17.7 Å². The van der Waals surface area contributed by atoms with Crippen molar-refractivity contribution in [1.29, 1.82) is 0 Å². The Kier molecular flexibility index (Phi) is 7.69. The first-order valence-electron chi connectivity index (χ1n) is 12.2. The molecule has 1 aliphatic heterocycles. The molecule has 38 heavy (non-hydrogen) atoms. The quantitative estimate of drug-likeness (QED) is 0.506. The van der Waals surface area contributed by atoms with Gasteiger partial charge in [-0.15, -0.1) is 0 Å². The number of benzene rings is 2. The topological polar surface area (TPSA) is 84.9 Å². The van der Waals surface area contributed by atoms with Crippen molar-refractivity contribution in [1.82, 2.24) is 5.32 Å². The molecule has 0 saturated heterocycles. The molecule has 1 amide bonds. The summed E-state index contributed by atoms with van der Waals surface area (Å²) in [5.74, 6) is -3.51. The van der Waals surface area contributed by atoms with Gasteiger partial charge in [0.05, 0.1) is 31.3 Å². The summed E-state index contributed by atoms with van der Waals surface area (Å²) in [6.45, 7) is 3.73. The normalized spacial score (nSPS) is 20.3. The number of amides is 1. The van der Waals surface area contributed by atoms with Crippen LogP contribution < -0.4 is 10.1 Å². The monoisotopic (exact) mass is 529 g/mol. The fourth-order valence-corrected chi connectivity index (χ4v) is 5.33. The third-order valence-corrected chi connectivity index (χ3v) is 7.00. The van der Waals surface area contributed by atoms with E-state index < -0.39 is 52.8 Å². The largest absolute Gasteiger partial charge is 0.500 e. The maximum atomic E-state index is 14.2. The lowest BCUT2D eigenvalue weighted by Gasteiger charge is -2.37. The minimum absolute atomic E-state index is 0.0654. The SMILES string of the molecule is COc1ccc(F)cc1C(C)(C)CC(O)(CC(=O)NC1C=CC2=COCC2C1=O)Cc1ccc(F)c(F)c1. The van der Waals surface area contributed by atoms with Crippen LogP contribution in [0.3, 0.4) is 0 Å². The second kappa shape index (κ2) is 10.6. The van der Waals surface area contributed by atoms with Crippen LogP contribution in [0, 0.1) is 23.4 Å². The number of carbonyl (C=O) groups excluding carboxylic acids is 2. The molecule has 4 rings (SSSR count). The molecule has 6 nitrogen and oxygen atoms in total. The molecule has 9 heteroatoms. The van der Waals surface area contributed by atoms with E-state index in [-0.39, 0.29) is 30.8 Å². The second-order valence-corrected chi connectivity index (χ2v) is 10.5. The maximum Gasteiger partial charge on any atom is 0.223 e. The van der Waals surface area contributed by atoms with Crippen molar-refractivity contribution in [2.24, 2.45) is 5.92 Å². The summed E-state index contributed by atoms with van der Waals surface area (Å²) < 4.78 is 52.3. The van der Waals surface area contributed by atoms with E-state index in [0.29, 0.717) is 11.3 Å². The molecule has 2 N–H and O–H groups in total. The van der Waals surface area contributed by atoms with Gasteiger partial charge in [0.25, 0.3) is 0 Å². The summed E-state index contributed by atoms with van der Waals surface area (Å²) >= 11 is 0. The van der Waals surface area contributed by atoms with Gasteiger partial charge in [0.15, 0.2) is 17.4 Å². The molecule has 3 unspecified atom stereocenters. The number of carbonyl (C=O) groups is 2. The number of Topliss-reactive ketones (excluding diaryl/α,β-unsaturated/α-hetero) is 1. The number of allylic oxidation sites excluding steroid dienone is 1. The Morgan fingerprint density at radius 1 is 1.16 bits per heavy atom. The lowest BCUT2D eigenvalue weighted by atomic mass is 9.72. The van der Waals surface area contributed by atoms with E-state index in [4.69, 9.17) is 9.47 Å². The molecule has 1 heterocycles. The van der Waals surface area contributed by atoms with Crippen LogP contribution in [-0.2, 0) is 26.2 Å². The van der Waals surface area contributed by atoms with Gasteiger partial charge in [0.2, 0.25) is 5.91 Å². The first-order chi connectivity index (χ1) is 17.9. The third-order valence-electron chi connectivity index (χ3n) is 7.00. The Morgan fingerprint density at radius 3 is 2.63 bits per heavy atom. The highest BCUT2D eigenvalue weighted by molar-refractivity contribution is 5.96. The van der Waals surface area contributed by atoms with E-state index in [1.807, 2.05) is 0 Å². The summed E-state index contributed by atoms with van der Waals surface area (Å²) in [5, 5.41) is 14.5. The summed E-state index contributed by atoms with van der Waals surface area (Å²) in [4.78, 5) is 26.0. The Labute approximate surface area is 219 Å². The van der Waals surface area contributed by atoms with Crippen molar-refractivity contribution in [3.63, 3.8) is 0 Å². The van der Waals surface area contributed by atoms with Gasteiger partial charge < -0.3 is 19.9 Å². The van der Waals surface area contributed by atoms with Crippen molar-refractivity contribution in [3.8, 4) is 5.75 Å². The molecule has 0 fully saturated rings. The van der Waals surface area contributed by atoms with Gasteiger partial charge in [-0.1, -0.05) is 32.1 Å². The van der Waals surface area contributed by atoms with Gasteiger partial charge >= 0.3 is 0 Å². The van der Waals surface area contributed by atoms with E-state index in [1.54, 1.807) is 26.0 Å². The second-order valence-electron chi connectivity index (χ2n) is 10.5. The highest BCUT2D eigenvalue weighted by atomic mass is 19.2. The standard InChI is InChI=1S/C29H30F3NO5/c1-28(2,21-11-19(30)6-9-25(21)37-3)16-29(36,12-17-4-7-22(31)23(32)10-17)13-26(34)33-24-8-5-18-14-38-15-20(18)27(24)35/h4-11,14,20,24,36H,12-13,15-16H2,1-3H3,(H,33,34). The molecule has 202 valence electrons. The third kappa shape index (κ3) is 5.93.